The molecule has 0 spiro atoms. The number of hydrogen-bond acceptors (Lipinski definition) is 4. The Labute approximate surface area is 172 Å². The SMILES string of the molecule is O=C(O)c1cnc(C#Cc2ccc(N(c3ccccc3)c3ccccc3)cc2)s1. The van der Waals surface area contributed by atoms with Gasteiger partial charge in [-0.15, -0.1) is 0 Å². The summed E-state index contributed by atoms with van der Waals surface area (Å²) in [6.45, 7) is 0. The molecule has 0 atom stereocenters. The van der Waals surface area contributed by atoms with E-state index < -0.39 is 5.97 Å². The molecule has 0 saturated carbocycles. The van der Waals surface area contributed by atoms with Gasteiger partial charge in [0, 0.05) is 22.6 Å². The van der Waals surface area contributed by atoms with Crippen LogP contribution in [0.25, 0.3) is 0 Å². The molecule has 29 heavy (non-hydrogen) atoms. The maximum atomic E-state index is 10.9. The Morgan fingerprint density at radius 1 is 0.793 bits per heavy atom. The van der Waals surface area contributed by atoms with E-state index in [9.17, 15) is 4.79 Å². The maximum absolute atomic E-state index is 10.9. The van der Waals surface area contributed by atoms with E-state index in [1.165, 1.54) is 6.20 Å². The van der Waals surface area contributed by atoms with Crippen LogP contribution >= 0.6 is 11.3 Å². The molecule has 4 nitrogen and oxygen atoms in total. The number of carboxylic acid groups (broad SMARTS) is 1. The van der Waals surface area contributed by atoms with Crippen molar-refractivity contribution in [3.63, 3.8) is 0 Å². The molecule has 0 aliphatic heterocycles. The molecule has 4 aromatic rings. The van der Waals surface area contributed by atoms with Gasteiger partial charge in [-0.25, -0.2) is 9.78 Å². The van der Waals surface area contributed by atoms with Crippen molar-refractivity contribution in [2.45, 2.75) is 0 Å². The van der Waals surface area contributed by atoms with Gasteiger partial charge in [-0.2, -0.15) is 0 Å². The predicted molar refractivity (Wildman–Crippen MR) is 116 cm³/mol. The van der Waals surface area contributed by atoms with Crippen molar-refractivity contribution in [3.8, 4) is 11.8 Å². The molecule has 0 amide bonds. The minimum Gasteiger partial charge on any atom is -0.477 e. The van der Waals surface area contributed by atoms with E-state index >= 15 is 0 Å². The lowest BCUT2D eigenvalue weighted by Crippen LogP contribution is -2.09. The Morgan fingerprint density at radius 2 is 1.34 bits per heavy atom. The molecule has 0 unspecified atom stereocenters. The highest BCUT2D eigenvalue weighted by Gasteiger charge is 2.11. The minimum absolute atomic E-state index is 0.186. The first-order valence-corrected chi connectivity index (χ1v) is 9.74. The second kappa shape index (κ2) is 8.42. The fraction of sp³-hybridized carbons (Fsp3) is 0. The number of carboxylic acids is 1. The zero-order chi connectivity index (χ0) is 20.1. The second-order valence-corrected chi connectivity index (χ2v) is 7.17. The minimum atomic E-state index is -0.984. The molecule has 0 aliphatic carbocycles. The highest BCUT2D eigenvalue weighted by atomic mass is 32.1. The first kappa shape index (κ1) is 18.5. The number of para-hydroxylation sites is 2. The van der Waals surface area contributed by atoms with Gasteiger partial charge in [-0.3, -0.25) is 0 Å². The van der Waals surface area contributed by atoms with Crippen molar-refractivity contribution < 1.29 is 9.90 Å². The highest BCUT2D eigenvalue weighted by molar-refractivity contribution is 7.14. The zero-order valence-corrected chi connectivity index (χ0v) is 16.1. The number of aromatic nitrogens is 1. The van der Waals surface area contributed by atoms with Gasteiger partial charge in [0.25, 0.3) is 0 Å². The van der Waals surface area contributed by atoms with Crippen molar-refractivity contribution >= 4 is 34.4 Å². The first-order chi connectivity index (χ1) is 14.2. The van der Waals surface area contributed by atoms with Gasteiger partial charge in [0.05, 0.1) is 6.20 Å². The van der Waals surface area contributed by atoms with Crippen LogP contribution in [0.2, 0.25) is 0 Å². The standard InChI is InChI=1S/C24H16N2O2S/c27-24(28)22-17-25-23(29-22)16-13-18-11-14-21(15-12-18)26(19-7-3-1-4-8-19)20-9-5-2-6-10-20/h1-12,14-15,17H,(H,27,28). The molecule has 140 valence electrons. The summed E-state index contributed by atoms with van der Waals surface area (Å²) in [5.74, 6) is 4.99. The monoisotopic (exact) mass is 396 g/mol. The van der Waals surface area contributed by atoms with Gasteiger partial charge in [0.15, 0.2) is 5.01 Å². The van der Waals surface area contributed by atoms with Crippen LogP contribution in [0.1, 0.15) is 20.2 Å². The highest BCUT2D eigenvalue weighted by Crippen LogP contribution is 2.33. The quantitative estimate of drug-likeness (QED) is 0.449. The summed E-state index contributed by atoms with van der Waals surface area (Å²) in [5.41, 5.74) is 4.00. The Bertz CT molecular complexity index is 1130. The molecule has 0 radical (unpaired) electrons. The molecular weight excluding hydrogens is 380 g/mol. The normalized spacial score (nSPS) is 10.1. The zero-order valence-electron chi connectivity index (χ0n) is 15.3. The fourth-order valence-electron chi connectivity index (χ4n) is 2.85. The van der Waals surface area contributed by atoms with Crippen LogP contribution < -0.4 is 4.90 Å². The topological polar surface area (TPSA) is 53.4 Å². The molecule has 0 fully saturated rings. The van der Waals surface area contributed by atoms with Crippen LogP contribution in [-0.2, 0) is 0 Å². The van der Waals surface area contributed by atoms with E-state index in [-0.39, 0.29) is 4.88 Å². The number of aromatic carboxylic acids is 1. The fourth-order valence-corrected chi connectivity index (χ4v) is 3.46. The molecule has 3 aromatic carbocycles. The summed E-state index contributed by atoms with van der Waals surface area (Å²) in [5, 5.41) is 9.46. The number of carbonyl (C=O) groups is 1. The lowest BCUT2D eigenvalue weighted by Gasteiger charge is -2.25. The number of thiazole rings is 1. The molecule has 1 N–H and O–H groups in total. The summed E-state index contributed by atoms with van der Waals surface area (Å²) >= 11 is 1.07. The van der Waals surface area contributed by atoms with Crippen LogP contribution in [0.3, 0.4) is 0 Å². The van der Waals surface area contributed by atoms with E-state index in [2.05, 4.69) is 46.0 Å². The first-order valence-electron chi connectivity index (χ1n) is 8.92. The Kier molecular flexibility index (Phi) is 5.37. The third-order valence-corrected chi connectivity index (χ3v) is 5.09. The lowest BCUT2D eigenvalue weighted by atomic mass is 10.1. The summed E-state index contributed by atoms with van der Waals surface area (Å²) in [6, 6.07) is 28.3. The lowest BCUT2D eigenvalue weighted by molar-refractivity contribution is 0.0702. The van der Waals surface area contributed by atoms with Gasteiger partial charge in [-0.05, 0) is 54.5 Å². The van der Waals surface area contributed by atoms with Crippen LogP contribution in [0.15, 0.2) is 91.1 Å². The number of rotatable bonds is 4. The van der Waals surface area contributed by atoms with E-state index in [1.54, 1.807) is 0 Å². The Hall–Kier alpha value is -3.88. The average molecular weight is 396 g/mol. The predicted octanol–water partition coefficient (Wildman–Crippen LogP) is 5.71. The van der Waals surface area contributed by atoms with Crippen molar-refractivity contribution in [2.75, 3.05) is 4.90 Å². The molecule has 0 aliphatic rings. The largest absolute Gasteiger partial charge is 0.477 e. The number of nitrogens with zero attached hydrogens (tertiary/aromatic N) is 2. The van der Waals surface area contributed by atoms with E-state index in [0.29, 0.717) is 5.01 Å². The van der Waals surface area contributed by atoms with Gasteiger partial charge >= 0.3 is 5.97 Å². The molecule has 0 bridgehead atoms. The van der Waals surface area contributed by atoms with Crippen LogP contribution in [0, 0.1) is 11.8 Å². The molecule has 4 rings (SSSR count). The number of benzene rings is 3. The number of anilines is 3. The molecule has 0 saturated heterocycles. The summed E-state index contributed by atoms with van der Waals surface area (Å²) < 4.78 is 0. The van der Waals surface area contributed by atoms with Crippen LogP contribution in [0.5, 0.6) is 0 Å². The molecular formula is C24H16N2O2S. The van der Waals surface area contributed by atoms with Crippen molar-refractivity contribution in [2.24, 2.45) is 0 Å². The summed E-state index contributed by atoms with van der Waals surface area (Å²) in [4.78, 5) is 17.3. The maximum Gasteiger partial charge on any atom is 0.347 e. The molecule has 1 heterocycles. The third kappa shape index (κ3) is 4.34. The van der Waals surface area contributed by atoms with E-state index in [4.69, 9.17) is 5.11 Å². The van der Waals surface area contributed by atoms with Gasteiger partial charge in [0.1, 0.15) is 4.88 Å². The Balaban J connectivity index is 1.63. The summed E-state index contributed by atoms with van der Waals surface area (Å²) in [7, 11) is 0. The molecule has 1 aromatic heterocycles. The van der Waals surface area contributed by atoms with Gasteiger partial charge in [0.2, 0.25) is 0 Å². The van der Waals surface area contributed by atoms with Gasteiger partial charge in [-0.1, -0.05) is 53.7 Å². The van der Waals surface area contributed by atoms with Crippen molar-refractivity contribution in [1.82, 2.24) is 4.98 Å². The van der Waals surface area contributed by atoms with E-state index in [1.807, 2.05) is 60.7 Å². The van der Waals surface area contributed by atoms with Crippen LogP contribution in [-0.4, -0.2) is 16.1 Å². The number of hydrogen-bond donors (Lipinski definition) is 1. The van der Waals surface area contributed by atoms with Crippen molar-refractivity contribution in [1.29, 1.82) is 0 Å². The molecule has 5 heteroatoms. The average Bonchev–Trinajstić information content (AvgIpc) is 3.25. The summed E-state index contributed by atoms with van der Waals surface area (Å²) in [6.07, 6.45) is 1.33. The van der Waals surface area contributed by atoms with Gasteiger partial charge < -0.3 is 10.0 Å². The smallest absolute Gasteiger partial charge is 0.347 e. The van der Waals surface area contributed by atoms with Crippen LogP contribution in [0.4, 0.5) is 17.1 Å². The Morgan fingerprint density at radius 3 is 1.86 bits per heavy atom. The third-order valence-electron chi connectivity index (χ3n) is 4.18. The second-order valence-electron chi connectivity index (χ2n) is 6.14. The van der Waals surface area contributed by atoms with E-state index in [0.717, 1.165) is 34.0 Å². The van der Waals surface area contributed by atoms with Crippen molar-refractivity contribution in [3.05, 3.63) is 107 Å².